The van der Waals surface area contributed by atoms with Crippen molar-refractivity contribution < 1.29 is 0 Å². The first kappa shape index (κ1) is 10.9. The molecule has 1 aliphatic carbocycles. The fourth-order valence-corrected chi connectivity index (χ4v) is 2.47. The van der Waals surface area contributed by atoms with Gasteiger partial charge in [0.15, 0.2) is 5.82 Å². The van der Waals surface area contributed by atoms with Gasteiger partial charge in [-0.3, -0.25) is 4.68 Å². The van der Waals surface area contributed by atoms with Crippen LogP contribution in [0, 0.1) is 0 Å². The first-order valence-corrected chi connectivity index (χ1v) is 6.88. The van der Waals surface area contributed by atoms with E-state index >= 15 is 0 Å². The lowest BCUT2D eigenvalue weighted by Gasteiger charge is -2.01. The summed E-state index contributed by atoms with van der Waals surface area (Å²) in [6.45, 7) is 1.00. The van der Waals surface area contributed by atoms with E-state index in [1.807, 2.05) is 17.8 Å². The summed E-state index contributed by atoms with van der Waals surface area (Å²) in [5.74, 6) is 1.91. The van der Waals surface area contributed by atoms with Crippen molar-refractivity contribution in [2.75, 3.05) is 6.54 Å². The van der Waals surface area contributed by atoms with Gasteiger partial charge in [0.2, 0.25) is 0 Å². The maximum atomic E-state index is 4.59. The van der Waals surface area contributed by atoms with Crippen LogP contribution in [0.4, 0.5) is 0 Å². The molecule has 0 aromatic carbocycles. The Bertz CT molecular complexity index is 485. The summed E-state index contributed by atoms with van der Waals surface area (Å²) in [4.78, 5) is 5.73. The Balaban J connectivity index is 1.67. The van der Waals surface area contributed by atoms with E-state index in [0.29, 0.717) is 0 Å². The normalized spacial score (nSPS) is 15.4. The second kappa shape index (κ2) is 4.58. The molecule has 1 aliphatic rings. The molecule has 2 heterocycles. The summed E-state index contributed by atoms with van der Waals surface area (Å²) in [5.41, 5.74) is 0. The minimum Gasteiger partial charge on any atom is -0.314 e. The van der Waals surface area contributed by atoms with E-state index in [0.717, 1.165) is 35.5 Å². The lowest BCUT2D eigenvalue weighted by Crippen LogP contribution is -2.20. The van der Waals surface area contributed by atoms with E-state index in [1.165, 1.54) is 12.8 Å². The second-order valence-corrected chi connectivity index (χ2v) is 5.38. The van der Waals surface area contributed by atoms with Gasteiger partial charge in [-0.1, -0.05) is 6.07 Å². The van der Waals surface area contributed by atoms with Crippen molar-refractivity contribution in [3.63, 3.8) is 0 Å². The van der Waals surface area contributed by atoms with Gasteiger partial charge in [-0.25, -0.2) is 4.98 Å². The van der Waals surface area contributed by atoms with Gasteiger partial charge in [-0.05, 0) is 24.3 Å². The molecule has 0 amide bonds. The van der Waals surface area contributed by atoms with Crippen molar-refractivity contribution >= 4 is 11.3 Å². The molecule has 2 aromatic heterocycles. The molecule has 3 rings (SSSR count). The summed E-state index contributed by atoms with van der Waals surface area (Å²) < 4.78 is 1.89. The van der Waals surface area contributed by atoms with Crippen LogP contribution in [-0.4, -0.2) is 27.4 Å². The Morgan fingerprint density at radius 1 is 1.53 bits per heavy atom. The van der Waals surface area contributed by atoms with Crippen LogP contribution in [0.2, 0.25) is 0 Å². The molecule has 90 valence electrons. The fraction of sp³-hybridized carbons (Fsp3) is 0.500. The minimum atomic E-state index is 0.764. The van der Waals surface area contributed by atoms with Crippen molar-refractivity contribution in [2.45, 2.75) is 25.3 Å². The Kier molecular flexibility index (Phi) is 2.94. The molecule has 0 aliphatic heterocycles. The molecule has 1 fully saturated rings. The van der Waals surface area contributed by atoms with Crippen molar-refractivity contribution in [1.29, 1.82) is 0 Å². The number of hydrogen-bond acceptors (Lipinski definition) is 4. The molecule has 0 spiro atoms. The van der Waals surface area contributed by atoms with Crippen molar-refractivity contribution in [3.8, 4) is 10.7 Å². The quantitative estimate of drug-likeness (QED) is 0.878. The first-order valence-electron chi connectivity index (χ1n) is 6.00. The standard InChI is InChI=1S/C12H16N4S/c1-16-11(6-7-13-9-4-5-9)14-12(15-16)10-3-2-8-17-10/h2-3,8-9,13H,4-7H2,1H3. The monoisotopic (exact) mass is 248 g/mol. The van der Waals surface area contributed by atoms with E-state index in [-0.39, 0.29) is 0 Å². The van der Waals surface area contributed by atoms with Crippen molar-refractivity contribution in [1.82, 2.24) is 20.1 Å². The van der Waals surface area contributed by atoms with Crippen LogP contribution in [0.5, 0.6) is 0 Å². The third kappa shape index (κ3) is 2.56. The largest absolute Gasteiger partial charge is 0.314 e. The lowest BCUT2D eigenvalue weighted by atomic mass is 10.4. The van der Waals surface area contributed by atoms with Crippen molar-refractivity contribution in [3.05, 3.63) is 23.3 Å². The van der Waals surface area contributed by atoms with Crippen LogP contribution in [0.15, 0.2) is 17.5 Å². The molecule has 17 heavy (non-hydrogen) atoms. The maximum Gasteiger partial charge on any atom is 0.191 e. The van der Waals surface area contributed by atoms with Crippen LogP contribution < -0.4 is 5.32 Å². The van der Waals surface area contributed by atoms with E-state index in [9.17, 15) is 0 Å². The van der Waals surface area contributed by atoms with Gasteiger partial charge >= 0.3 is 0 Å². The lowest BCUT2D eigenvalue weighted by molar-refractivity contribution is 0.631. The first-order chi connectivity index (χ1) is 8.33. The molecule has 1 saturated carbocycles. The number of aromatic nitrogens is 3. The van der Waals surface area contributed by atoms with Crippen LogP contribution in [0.1, 0.15) is 18.7 Å². The minimum absolute atomic E-state index is 0.764. The smallest absolute Gasteiger partial charge is 0.191 e. The SMILES string of the molecule is Cn1nc(-c2cccs2)nc1CCNC1CC1. The number of aryl methyl sites for hydroxylation is 1. The van der Waals surface area contributed by atoms with E-state index in [1.54, 1.807) is 11.3 Å². The van der Waals surface area contributed by atoms with E-state index < -0.39 is 0 Å². The Labute approximate surface area is 105 Å². The van der Waals surface area contributed by atoms with Gasteiger partial charge in [0.05, 0.1) is 4.88 Å². The molecule has 0 unspecified atom stereocenters. The predicted molar refractivity (Wildman–Crippen MR) is 69.0 cm³/mol. The van der Waals surface area contributed by atoms with Gasteiger partial charge in [0.1, 0.15) is 5.82 Å². The van der Waals surface area contributed by atoms with Gasteiger partial charge in [-0.15, -0.1) is 11.3 Å². The Morgan fingerprint density at radius 2 is 2.41 bits per heavy atom. The predicted octanol–water partition coefficient (Wildman–Crippen LogP) is 1.84. The summed E-state index contributed by atoms with van der Waals surface area (Å²) in [6, 6.07) is 4.86. The third-order valence-electron chi connectivity index (χ3n) is 2.95. The van der Waals surface area contributed by atoms with Crippen LogP contribution in [0.3, 0.4) is 0 Å². The molecule has 0 atom stereocenters. The highest BCUT2D eigenvalue weighted by Crippen LogP contribution is 2.21. The zero-order valence-electron chi connectivity index (χ0n) is 9.89. The molecule has 0 saturated heterocycles. The number of rotatable bonds is 5. The van der Waals surface area contributed by atoms with Gasteiger partial charge in [0, 0.05) is 26.1 Å². The molecule has 0 bridgehead atoms. The highest BCUT2D eigenvalue weighted by Gasteiger charge is 2.20. The second-order valence-electron chi connectivity index (χ2n) is 4.43. The Morgan fingerprint density at radius 3 is 3.12 bits per heavy atom. The zero-order chi connectivity index (χ0) is 11.7. The molecule has 1 N–H and O–H groups in total. The molecule has 5 heteroatoms. The topological polar surface area (TPSA) is 42.7 Å². The van der Waals surface area contributed by atoms with Crippen LogP contribution >= 0.6 is 11.3 Å². The molecule has 2 aromatic rings. The molecular weight excluding hydrogens is 232 g/mol. The third-order valence-corrected chi connectivity index (χ3v) is 3.82. The number of hydrogen-bond donors (Lipinski definition) is 1. The highest BCUT2D eigenvalue weighted by molar-refractivity contribution is 7.13. The summed E-state index contributed by atoms with van der Waals surface area (Å²) in [6.07, 6.45) is 3.61. The average Bonchev–Trinajstić information content (AvgIpc) is 2.85. The Hall–Kier alpha value is -1.20. The number of thiophene rings is 1. The number of nitrogens with one attached hydrogen (secondary N) is 1. The van der Waals surface area contributed by atoms with Gasteiger partial charge in [-0.2, -0.15) is 5.10 Å². The zero-order valence-corrected chi connectivity index (χ0v) is 10.7. The molecular formula is C12H16N4S. The molecule has 4 nitrogen and oxygen atoms in total. The maximum absolute atomic E-state index is 4.59. The highest BCUT2D eigenvalue weighted by atomic mass is 32.1. The summed E-state index contributed by atoms with van der Waals surface area (Å²) in [5, 5.41) is 10.0. The molecule has 0 radical (unpaired) electrons. The van der Waals surface area contributed by atoms with E-state index in [2.05, 4.69) is 26.8 Å². The average molecular weight is 248 g/mol. The van der Waals surface area contributed by atoms with Crippen LogP contribution in [-0.2, 0) is 13.5 Å². The fourth-order valence-electron chi connectivity index (χ4n) is 1.82. The van der Waals surface area contributed by atoms with E-state index in [4.69, 9.17) is 0 Å². The van der Waals surface area contributed by atoms with Gasteiger partial charge < -0.3 is 5.32 Å². The summed E-state index contributed by atoms with van der Waals surface area (Å²) >= 11 is 1.68. The van der Waals surface area contributed by atoms with Gasteiger partial charge in [0.25, 0.3) is 0 Å². The number of nitrogens with zero attached hydrogens (tertiary/aromatic N) is 3. The van der Waals surface area contributed by atoms with Crippen LogP contribution in [0.25, 0.3) is 10.7 Å². The van der Waals surface area contributed by atoms with Crippen molar-refractivity contribution in [2.24, 2.45) is 7.05 Å². The summed E-state index contributed by atoms with van der Waals surface area (Å²) in [7, 11) is 1.97.